The van der Waals surface area contributed by atoms with E-state index < -0.39 is 0 Å². The minimum absolute atomic E-state index is 0.224. The second-order valence-electron chi connectivity index (χ2n) is 7.02. The Morgan fingerprint density at radius 3 is 2.72 bits per heavy atom. The molecule has 2 aromatic heterocycles. The maximum absolute atomic E-state index is 9.50. The van der Waals surface area contributed by atoms with E-state index in [9.17, 15) is 5.11 Å². The van der Waals surface area contributed by atoms with Crippen molar-refractivity contribution < 1.29 is 5.11 Å². The molecular weight excluding hydrogens is 314 g/mol. The van der Waals surface area contributed by atoms with E-state index in [1.54, 1.807) is 0 Å². The van der Waals surface area contributed by atoms with Crippen molar-refractivity contribution in [1.82, 2.24) is 24.6 Å². The Balaban J connectivity index is 1.64. The van der Waals surface area contributed by atoms with E-state index >= 15 is 0 Å². The molecule has 6 heteroatoms. The summed E-state index contributed by atoms with van der Waals surface area (Å²) < 4.78 is 1.93. The van der Waals surface area contributed by atoms with Crippen LogP contribution in [0.2, 0.25) is 0 Å². The van der Waals surface area contributed by atoms with Crippen LogP contribution in [0, 0.1) is 13.8 Å². The van der Waals surface area contributed by atoms with Gasteiger partial charge < -0.3 is 5.11 Å². The molecular formula is C19H29N5O. The van der Waals surface area contributed by atoms with Gasteiger partial charge in [-0.05, 0) is 32.4 Å². The molecule has 2 aromatic rings. The van der Waals surface area contributed by atoms with Gasteiger partial charge in [-0.2, -0.15) is 5.10 Å². The summed E-state index contributed by atoms with van der Waals surface area (Å²) in [5.74, 6) is 0. The number of aryl methyl sites for hydroxylation is 2. The van der Waals surface area contributed by atoms with Crippen LogP contribution < -0.4 is 0 Å². The first-order valence-electron chi connectivity index (χ1n) is 9.04. The topological polar surface area (TPSA) is 57.4 Å². The van der Waals surface area contributed by atoms with Crippen molar-refractivity contribution in [3.05, 3.63) is 47.0 Å². The van der Waals surface area contributed by atoms with E-state index in [2.05, 4.69) is 38.9 Å². The third-order valence-electron chi connectivity index (χ3n) is 5.19. The average Bonchev–Trinajstić information content (AvgIpc) is 2.90. The molecule has 0 saturated carbocycles. The van der Waals surface area contributed by atoms with Crippen molar-refractivity contribution in [2.75, 3.05) is 26.2 Å². The van der Waals surface area contributed by atoms with Crippen molar-refractivity contribution in [2.24, 2.45) is 7.05 Å². The lowest BCUT2D eigenvalue weighted by Crippen LogP contribution is -2.52. The van der Waals surface area contributed by atoms with E-state index in [0.717, 1.165) is 50.5 Å². The Labute approximate surface area is 150 Å². The fourth-order valence-corrected chi connectivity index (χ4v) is 3.57. The predicted molar refractivity (Wildman–Crippen MR) is 98.1 cm³/mol. The van der Waals surface area contributed by atoms with Gasteiger partial charge in [-0.15, -0.1) is 0 Å². The average molecular weight is 343 g/mol. The minimum atomic E-state index is 0.224. The van der Waals surface area contributed by atoms with E-state index in [-0.39, 0.29) is 6.61 Å². The molecule has 0 bridgehead atoms. The van der Waals surface area contributed by atoms with Crippen molar-refractivity contribution in [3.8, 4) is 0 Å². The van der Waals surface area contributed by atoms with Gasteiger partial charge in [-0.25, -0.2) is 0 Å². The van der Waals surface area contributed by atoms with Crippen LogP contribution in [-0.2, 0) is 20.1 Å². The molecule has 1 aliphatic heterocycles. The van der Waals surface area contributed by atoms with Crippen molar-refractivity contribution in [1.29, 1.82) is 0 Å². The lowest BCUT2D eigenvalue weighted by molar-refractivity contribution is 0.0490. The van der Waals surface area contributed by atoms with Crippen LogP contribution in [0.3, 0.4) is 0 Å². The number of aliphatic hydroxyl groups excluding tert-OH is 1. The quantitative estimate of drug-likeness (QED) is 0.861. The molecule has 0 amide bonds. The van der Waals surface area contributed by atoms with Gasteiger partial charge in [-0.1, -0.05) is 6.07 Å². The summed E-state index contributed by atoms with van der Waals surface area (Å²) in [6, 6.07) is 6.55. The van der Waals surface area contributed by atoms with Crippen LogP contribution in [0.15, 0.2) is 24.4 Å². The number of hydrogen-bond donors (Lipinski definition) is 1. The van der Waals surface area contributed by atoms with E-state index in [0.29, 0.717) is 6.04 Å². The Bertz CT molecular complexity index is 699. The highest BCUT2D eigenvalue weighted by Gasteiger charge is 2.27. The molecule has 3 rings (SSSR count). The van der Waals surface area contributed by atoms with Gasteiger partial charge in [0, 0.05) is 69.4 Å². The first-order chi connectivity index (χ1) is 12.1. The summed E-state index contributed by atoms with van der Waals surface area (Å²) in [5.41, 5.74) is 4.69. The highest BCUT2D eigenvalue weighted by molar-refractivity contribution is 5.16. The summed E-state index contributed by atoms with van der Waals surface area (Å²) in [4.78, 5) is 9.57. The second-order valence-corrected chi connectivity index (χ2v) is 7.02. The SMILES string of the molecule is Cc1cccc(CN2CCN(Cc3cnn(C)c3C)C[C@@H]2CCO)n1. The van der Waals surface area contributed by atoms with E-state index in [1.807, 2.05) is 30.9 Å². The van der Waals surface area contributed by atoms with Crippen LogP contribution in [-0.4, -0.2) is 62.0 Å². The number of aliphatic hydroxyl groups is 1. The number of pyridine rings is 1. The zero-order chi connectivity index (χ0) is 17.8. The summed E-state index contributed by atoms with van der Waals surface area (Å²) in [6.07, 6.45) is 2.77. The highest BCUT2D eigenvalue weighted by atomic mass is 16.3. The maximum atomic E-state index is 9.50. The number of hydrogen-bond acceptors (Lipinski definition) is 5. The number of piperazine rings is 1. The van der Waals surface area contributed by atoms with Gasteiger partial charge in [0.05, 0.1) is 11.9 Å². The standard InChI is InChI=1S/C19H29N5O/c1-15-5-4-6-18(21-15)13-24-9-8-23(14-19(24)7-10-25)12-17-11-20-22(3)16(17)2/h4-6,11,19,25H,7-10,12-14H2,1-3H3/t19-/m0/s1. The smallest absolute Gasteiger partial charge is 0.0547 e. The van der Waals surface area contributed by atoms with Crippen LogP contribution in [0.5, 0.6) is 0 Å². The summed E-state index contributed by atoms with van der Waals surface area (Å²) >= 11 is 0. The van der Waals surface area contributed by atoms with Crippen LogP contribution in [0.4, 0.5) is 0 Å². The molecule has 3 heterocycles. The molecule has 136 valence electrons. The van der Waals surface area contributed by atoms with Crippen molar-refractivity contribution in [3.63, 3.8) is 0 Å². The van der Waals surface area contributed by atoms with Crippen molar-refractivity contribution in [2.45, 2.75) is 39.4 Å². The Morgan fingerprint density at radius 2 is 2.04 bits per heavy atom. The van der Waals surface area contributed by atoms with E-state index in [4.69, 9.17) is 0 Å². The summed E-state index contributed by atoms with van der Waals surface area (Å²) in [5, 5.41) is 13.8. The second kappa shape index (κ2) is 8.08. The summed E-state index contributed by atoms with van der Waals surface area (Å²) in [6.45, 7) is 9.16. The largest absolute Gasteiger partial charge is 0.396 e. The van der Waals surface area contributed by atoms with Gasteiger partial charge in [-0.3, -0.25) is 19.5 Å². The van der Waals surface area contributed by atoms with Gasteiger partial charge in [0.2, 0.25) is 0 Å². The van der Waals surface area contributed by atoms with Gasteiger partial charge in [0.1, 0.15) is 0 Å². The molecule has 25 heavy (non-hydrogen) atoms. The zero-order valence-corrected chi connectivity index (χ0v) is 15.5. The molecule has 0 aliphatic carbocycles. The van der Waals surface area contributed by atoms with Gasteiger partial charge >= 0.3 is 0 Å². The molecule has 1 aliphatic rings. The third kappa shape index (κ3) is 4.45. The Hall–Kier alpha value is -1.76. The third-order valence-corrected chi connectivity index (χ3v) is 5.19. The molecule has 1 fully saturated rings. The molecule has 1 N–H and O–H groups in total. The zero-order valence-electron chi connectivity index (χ0n) is 15.5. The lowest BCUT2D eigenvalue weighted by atomic mass is 10.1. The normalized spacial score (nSPS) is 19.4. The first kappa shape index (κ1) is 18.0. The molecule has 1 saturated heterocycles. The molecule has 0 unspecified atom stereocenters. The van der Waals surface area contributed by atoms with E-state index in [1.165, 1.54) is 11.3 Å². The predicted octanol–water partition coefficient (Wildman–Crippen LogP) is 1.50. The number of aromatic nitrogens is 3. The molecule has 0 spiro atoms. The monoisotopic (exact) mass is 343 g/mol. The Kier molecular flexibility index (Phi) is 5.83. The fraction of sp³-hybridized carbons (Fsp3) is 0.579. The fourth-order valence-electron chi connectivity index (χ4n) is 3.57. The molecule has 1 atom stereocenters. The first-order valence-corrected chi connectivity index (χ1v) is 9.04. The number of rotatable bonds is 6. The molecule has 6 nitrogen and oxygen atoms in total. The molecule has 0 aromatic carbocycles. The van der Waals surface area contributed by atoms with Gasteiger partial charge in [0.25, 0.3) is 0 Å². The summed E-state index contributed by atoms with van der Waals surface area (Å²) in [7, 11) is 1.99. The lowest BCUT2D eigenvalue weighted by Gasteiger charge is -2.41. The van der Waals surface area contributed by atoms with Gasteiger partial charge in [0.15, 0.2) is 0 Å². The van der Waals surface area contributed by atoms with Crippen LogP contribution in [0.1, 0.15) is 29.1 Å². The van der Waals surface area contributed by atoms with Crippen molar-refractivity contribution >= 4 is 0 Å². The number of nitrogens with zero attached hydrogens (tertiary/aromatic N) is 5. The Morgan fingerprint density at radius 1 is 1.20 bits per heavy atom. The van der Waals surface area contributed by atoms with Crippen LogP contribution >= 0.6 is 0 Å². The highest BCUT2D eigenvalue weighted by Crippen LogP contribution is 2.19. The molecule has 0 radical (unpaired) electrons. The maximum Gasteiger partial charge on any atom is 0.0547 e. The van der Waals surface area contributed by atoms with Crippen LogP contribution in [0.25, 0.3) is 0 Å². The minimum Gasteiger partial charge on any atom is -0.396 e.